The Balaban J connectivity index is 1.29. The van der Waals surface area contributed by atoms with Crippen LogP contribution in [0.1, 0.15) is 17.0 Å². The quantitative estimate of drug-likeness (QED) is 0.474. The topological polar surface area (TPSA) is 86.0 Å². The number of rotatable bonds is 2. The van der Waals surface area contributed by atoms with E-state index in [1.807, 2.05) is 28.8 Å². The molecule has 1 atom stereocenters. The molecule has 0 saturated carbocycles. The third kappa shape index (κ3) is 3.35. The van der Waals surface area contributed by atoms with E-state index in [9.17, 15) is 4.39 Å². The Hall–Kier alpha value is -3.92. The van der Waals surface area contributed by atoms with Crippen molar-refractivity contribution >= 4 is 17.3 Å². The number of nitrogens with zero attached hydrogens (tertiary/aromatic N) is 5. The number of ether oxygens (including phenoxy) is 3. The largest absolute Gasteiger partial charge is 0.493 e. The van der Waals surface area contributed by atoms with Crippen LogP contribution in [-0.2, 0) is 11.3 Å². The van der Waals surface area contributed by atoms with Crippen LogP contribution >= 0.6 is 0 Å². The van der Waals surface area contributed by atoms with Crippen LogP contribution in [0.15, 0.2) is 42.9 Å². The zero-order valence-electron chi connectivity index (χ0n) is 18.9. The molecule has 0 aliphatic carbocycles. The van der Waals surface area contributed by atoms with E-state index >= 15 is 0 Å². The molecule has 1 aromatic carbocycles. The highest BCUT2D eigenvalue weighted by Gasteiger charge is 2.31. The van der Waals surface area contributed by atoms with Crippen LogP contribution in [0.5, 0.6) is 11.5 Å². The van der Waals surface area contributed by atoms with Gasteiger partial charge >= 0.3 is 0 Å². The molecular formula is C25H23FN6O3. The zero-order chi connectivity index (χ0) is 23.4. The Morgan fingerprint density at radius 1 is 1.03 bits per heavy atom. The molecule has 0 unspecified atom stereocenters. The maximum absolute atomic E-state index is 14.8. The lowest BCUT2D eigenvalue weighted by Gasteiger charge is -2.27. The van der Waals surface area contributed by atoms with Gasteiger partial charge in [-0.2, -0.15) is 0 Å². The Labute approximate surface area is 200 Å². The predicted octanol–water partition coefficient (Wildman–Crippen LogP) is 3.25. The average molecular weight is 474 g/mol. The Morgan fingerprint density at radius 3 is 2.71 bits per heavy atom. The second-order valence-electron chi connectivity index (χ2n) is 8.91. The van der Waals surface area contributed by atoms with Crippen LogP contribution < -0.4 is 19.7 Å². The molecule has 10 heteroatoms. The molecule has 178 valence electrons. The van der Waals surface area contributed by atoms with E-state index in [4.69, 9.17) is 19.2 Å². The summed E-state index contributed by atoms with van der Waals surface area (Å²) in [4.78, 5) is 6.91. The monoisotopic (exact) mass is 474 g/mol. The van der Waals surface area contributed by atoms with Gasteiger partial charge in [-0.3, -0.25) is 4.40 Å². The van der Waals surface area contributed by atoms with Gasteiger partial charge in [-0.05, 0) is 30.3 Å². The first-order chi connectivity index (χ1) is 17.3. The second-order valence-corrected chi connectivity index (χ2v) is 8.91. The normalized spacial score (nSPS) is 19.0. The fraction of sp³-hybridized carbons (Fsp3) is 0.320. The van der Waals surface area contributed by atoms with E-state index < -0.39 is 0 Å². The first-order valence-corrected chi connectivity index (χ1v) is 11.7. The lowest BCUT2D eigenvalue weighted by Crippen LogP contribution is -2.36. The molecule has 0 bridgehead atoms. The first-order valence-electron chi connectivity index (χ1n) is 11.7. The number of benzene rings is 1. The molecule has 3 aliphatic rings. The molecule has 3 aliphatic heterocycles. The van der Waals surface area contributed by atoms with Gasteiger partial charge in [0.1, 0.15) is 23.7 Å². The lowest BCUT2D eigenvalue weighted by atomic mass is 9.96. The Morgan fingerprint density at radius 2 is 1.89 bits per heavy atom. The maximum Gasteiger partial charge on any atom is 0.170 e. The first kappa shape index (κ1) is 20.5. The minimum Gasteiger partial charge on any atom is -0.493 e. The molecule has 7 rings (SSSR count). The van der Waals surface area contributed by atoms with Gasteiger partial charge < -0.3 is 24.4 Å². The number of fused-ring (bicyclic) bond motifs is 3. The van der Waals surface area contributed by atoms with E-state index in [-0.39, 0.29) is 11.7 Å². The van der Waals surface area contributed by atoms with E-state index in [1.165, 1.54) is 6.07 Å². The van der Waals surface area contributed by atoms with Crippen LogP contribution in [-0.4, -0.2) is 59.1 Å². The minimum absolute atomic E-state index is 0.0435. The summed E-state index contributed by atoms with van der Waals surface area (Å²) in [5, 5.41) is 11.9. The van der Waals surface area contributed by atoms with Crippen LogP contribution in [0.4, 0.5) is 16.0 Å². The van der Waals surface area contributed by atoms with Gasteiger partial charge in [-0.15, -0.1) is 10.2 Å². The van der Waals surface area contributed by atoms with Crippen molar-refractivity contribution in [1.82, 2.24) is 19.6 Å². The Kier molecular flexibility index (Phi) is 4.73. The van der Waals surface area contributed by atoms with Crippen molar-refractivity contribution in [2.24, 2.45) is 0 Å². The molecule has 0 amide bonds. The van der Waals surface area contributed by atoms with Gasteiger partial charge in [0.25, 0.3) is 0 Å². The molecule has 0 radical (unpaired) electrons. The fourth-order valence-electron chi connectivity index (χ4n) is 5.12. The average Bonchev–Trinajstić information content (AvgIpc) is 3.56. The van der Waals surface area contributed by atoms with E-state index in [0.717, 1.165) is 41.3 Å². The van der Waals surface area contributed by atoms with Crippen LogP contribution in [0.25, 0.3) is 16.8 Å². The maximum atomic E-state index is 14.8. The molecule has 1 saturated heterocycles. The van der Waals surface area contributed by atoms with Crippen molar-refractivity contribution in [2.75, 3.05) is 49.7 Å². The summed E-state index contributed by atoms with van der Waals surface area (Å²) >= 11 is 0. The van der Waals surface area contributed by atoms with Crippen molar-refractivity contribution in [1.29, 1.82) is 0 Å². The fourth-order valence-corrected chi connectivity index (χ4v) is 5.12. The number of hydrogen-bond acceptors (Lipinski definition) is 8. The third-order valence-corrected chi connectivity index (χ3v) is 6.91. The number of hydrogen-bond donors (Lipinski definition) is 1. The summed E-state index contributed by atoms with van der Waals surface area (Å²) in [6.45, 7) is 4.22. The lowest BCUT2D eigenvalue weighted by molar-refractivity contribution is 0.122. The van der Waals surface area contributed by atoms with Gasteiger partial charge in [0.05, 0.1) is 32.3 Å². The van der Waals surface area contributed by atoms with E-state index in [1.54, 1.807) is 12.4 Å². The van der Waals surface area contributed by atoms with Gasteiger partial charge in [-0.1, -0.05) is 0 Å². The highest BCUT2D eigenvalue weighted by molar-refractivity contribution is 5.82. The van der Waals surface area contributed by atoms with Crippen LogP contribution in [0.3, 0.4) is 0 Å². The van der Waals surface area contributed by atoms with Gasteiger partial charge in [0, 0.05) is 48.1 Å². The molecule has 1 N–H and O–H groups in total. The molecule has 6 heterocycles. The number of anilines is 2. The van der Waals surface area contributed by atoms with Gasteiger partial charge in [0.2, 0.25) is 0 Å². The van der Waals surface area contributed by atoms with Crippen molar-refractivity contribution in [2.45, 2.75) is 12.5 Å². The van der Waals surface area contributed by atoms with Crippen molar-refractivity contribution in [3.63, 3.8) is 0 Å². The number of nitrogens with one attached hydrogen (secondary N) is 1. The summed E-state index contributed by atoms with van der Waals surface area (Å²) in [6, 6.07) is 9.18. The molecule has 1 fully saturated rings. The van der Waals surface area contributed by atoms with E-state index in [2.05, 4.69) is 20.4 Å². The van der Waals surface area contributed by atoms with E-state index in [0.29, 0.717) is 55.8 Å². The molecule has 9 nitrogen and oxygen atoms in total. The molecule has 4 aromatic rings. The predicted molar refractivity (Wildman–Crippen MR) is 127 cm³/mol. The van der Waals surface area contributed by atoms with Crippen LogP contribution in [0, 0.1) is 5.82 Å². The zero-order valence-corrected chi connectivity index (χ0v) is 18.9. The minimum atomic E-state index is -0.252. The van der Waals surface area contributed by atoms with Gasteiger partial charge in [0.15, 0.2) is 17.2 Å². The summed E-state index contributed by atoms with van der Waals surface area (Å²) in [6.07, 6.45) is 3.49. The van der Waals surface area contributed by atoms with Crippen molar-refractivity contribution in [3.05, 3.63) is 59.8 Å². The Bertz CT molecular complexity index is 1420. The second kappa shape index (κ2) is 8.09. The SMILES string of the molecule is Fc1ccc2c3c1CNc1c(cc(-c4ccc(N5CCOCC5)nc4)c4nncn14)OC[C@@H]3CO2. The molecular weight excluding hydrogens is 451 g/mol. The summed E-state index contributed by atoms with van der Waals surface area (Å²) < 4.78 is 34.2. The van der Waals surface area contributed by atoms with Gasteiger partial charge in [-0.25, -0.2) is 9.37 Å². The molecule has 0 spiro atoms. The number of aromatic nitrogens is 4. The number of morpholine rings is 1. The van der Waals surface area contributed by atoms with Crippen molar-refractivity contribution in [3.8, 4) is 22.6 Å². The molecule has 35 heavy (non-hydrogen) atoms. The van der Waals surface area contributed by atoms with Crippen LogP contribution in [0.2, 0.25) is 0 Å². The summed E-state index contributed by atoms with van der Waals surface area (Å²) in [7, 11) is 0. The number of halogens is 1. The smallest absolute Gasteiger partial charge is 0.170 e. The summed E-state index contributed by atoms with van der Waals surface area (Å²) in [5.74, 6) is 2.68. The third-order valence-electron chi connectivity index (χ3n) is 6.91. The summed E-state index contributed by atoms with van der Waals surface area (Å²) in [5.41, 5.74) is 3.92. The van der Waals surface area contributed by atoms with Crippen molar-refractivity contribution < 1.29 is 18.6 Å². The highest BCUT2D eigenvalue weighted by atomic mass is 19.1. The highest BCUT2D eigenvalue weighted by Crippen LogP contribution is 2.41. The molecule has 3 aromatic heterocycles. The standard InChI is InChI=1S/C25H23FN6O3/c26-19-2-3-20-23-16(12-34-20)13-35-21-9-17(24-30-29-14-32(24)25(21)28-11-18(19)23)15-1-4-22(27-10-15)31-5-7-33-8-6-31/h1-4,9-10,14,16,28H,5-8,11-13H2/t16-/m0/s1. The number of pyridine rings is 2.